The lowest BCUT2D eigenvalue weighted by molar-refractivity contribution is -0.137. The van der Waals surface area contributed by atoms with Gasteiger partial charge in [0.25, 0.3) is 5.91 Å². The van der Waals surface area contributed by atoms with Gasteiger partial charge in [-0.25, -0.2) is 9.78 Å². The van der Waals surface area contributed by atoms with Gasteiger partial charge < -0.3 is 15.1 Å². The van der Waals surface area contributed by atoms with Crippen LogP contribution in [0.2, 0.25) is 0 Å². The number of hydrogen-bond acceptors (Lipinski definition) is 4. The fraction of sp³-hybridized carbons (Fsp3) is 0.318. The summed E-state index contributed by atoms with van der Waals surface area (Å²) in [6.45, 7) is 0.474. The fourth-order valence-corrected chi connectivity index (χ4v) is 3.82. The van der Waals surface area contributed by atoms with Gasteiger partial charge in [-0.1, -0.05) is 24.0 Å². The van der Waals surface area contributed by atoms with Crippen LogP contribution < -0.4 is 0 Å². The highest BCUT2D eigenvalue weighted by atomic mass is 16.4. The van der Waals surface area contributed by atoms with Gasteiger partial charge in [-0.05, 0) is 48.6 Å². The third-order valence-electron chi connectivity index (χ3n) is 5.37. The molecule has 28 heavy (non-hydrogen) atoms. The summed E-state index contributed by atoms with van der Waals surface area (Å²) < 4.78 is 0. The molecule has 1 aromatic carbocycles. The number of likely N-dealkylation sites (N-methyl/N-ethyl adjacent to an activating group) is 1. The summed E-state index contributed by atoms with van der Waals surface area (Å²) in [7, 11) is 1.64. The second-order valence-electron chi connectivity index (χ2n) is 7.32. The Morgan fingerprint density at radius 2 is 2.11 bits per heavy atom. The summed E-state index contributed by atoms with van der Waals surface area (Å²) >= 11 is 0. The SMILES string of the molecule is CN1CC[C@@](O)(C#Cc2cccc(-c3nc(C(=O)O)cc4c3CCC4)c2)C1=O. The van der Waals surface area contributed by atoms with E-state index in [0.717, 1.165) is 36.0 Å². The molecule has 2 N–H and O–H groups in total. The van der Waals surface area contributed by atoms with Gasteiger partial charge in [0.05, 0.1) is 5.69 Å². The minimum Gasteiger partial charge on any atom is -0.477 e. The van der Waals surface area contributed by atoms with E-state index in [9.17, 15) is 19.8 Å². The molecule has 6 heteroatoms. The van der Waals surface area contributed by atoms with Gasteiger partial charge >= 0.3 is 5.97 Å². The van der Waals surface area contributed by atoms with Crippen molar-refractivity contribution in [2.75, 3.05) is 13.6 Å². The summed E-state index contributed by atoms with van der Waals surface area (Å²) in [6, 6.07) is 8.98. The first-order chi connectivity index (χ1) is 13.4. The second-order valence-corrected chi connectivity index (χ2v) is 7.32. The molecule has 2 aromatic rings. The molecule has 1 amide bonds. The quantitative estimate of drug-likeness (QED) is 0.781. The topological polar surface area (TPSA) is 90.7 Å². The van der Waals surface area contributed by atoms with E-state index in [-0.39, 0.29) is 18.0 Å². The van der Waals surface area contributed by atoms with E-state index in [0.29, 0.717) is 17.8 Å². The average molecular weight is 376 g/mol. The Labute approximate surface area is 162 Å². The van der Waals surface area contributed by atoms with Crippen molar-refractivity contribution in [3.63, 3.8) is 0 Å². The number of pyridine rings is 1. The molecule has 1 saturated heterocycles. The molecule has 1 aromatic heterocycles. The van der Waals surface area contributed by atoms with E-state index in [1.165, 1.54) is 4.90 Å². The fourth-order valence-electron chi connectivity index (χ4n) is 3.82. The summed E-state index contributed by atoms with van der Waals surface area (Å²) in [5.41, 5.74) is 2.62. The van der Waals surface area contributed by atoms with Crippen molar-refractivity contribution >= 4 is 11.9 Å². The number of aliphatic hydroxyl groups is 1. The lowest BCUT2D eigenvalue weighted by Crippen LogP contribution is -2.37. The van der Waals surface area contributed by atoms with Crippen molar-refractivity contribution in [2.24, 2.45) is 0 Å². The van der Waals surface area contributed by atoms with Gasteiger partial charge in [0, 0.05) is 31.1 Å². The molecule has 142 valence electrons. The maximum Gasteiger partial charge on any atom is 0.354 e. The number of benzene rings is 1. The van der Waals surface area contributed by atoms with E-state index in [2.05, 4.69) is 16.8 Å². The molecular weight excluding hydrogens is 356 g/mol. The molecule has 0 radical (unpaired) electrons. The Morgan fingerprint density at radius 1 is 1.29 bits per heavy atom. The van der Waals surface area contributed by atoms with Crippen molar-refractivity contribution in [3.05, 3.63) is 52.7 Å². The predicted octanol–water partition coefficient (Wildman–Crippen LogP) is 1.88. The Bertz CT molecular complexity index is 1050. The zero-order chi connectivity index (χ0) is 19.9. The maximum atomic E-state index is 12.1. The van der Waals surface area contributed by atoms with E-state index >= 15 is 0 Å². The average Bonchev–Trinajstić information content (AvgIpc) is 3.27. The Kier molecular flexibility index (Phi) is 4.40. The van der Waals surface area contributed by atoms with Crippen LogP contribution >= 0.6 is 0 Å². The largest absolute Gasteiger partial charge is 0.477 e. The summed E-state index contributed by atoms with van der Waals surface area (Å²) in [5.74, 6) is 4.19. The first-order valence-electron chi connectivity index (χ1n) is 9.25. The molecule has 2 aliphatic rings. The van der Waals surface area contributed by atoms with Crippen molar-refractivity contribution in [1.82, 2.24) is 9.88 Å². The predicted molar refractivity (Wildman–Crippen MR) is 103 cm³/mol. The monoisotopic (exact) mass is 376 g/mol. The standard InChI is InChI=1S/C22H20N2O4/c1-24-11-10-22(28,21(24)27)9-8-14-4-2-6-16(12-14)19-17-7-3-5-15(17)13-18(23-19)20(25)26/h2,4,6,12-13,28H,3,5,7,10-11H2,1H3,(H,25,26)/t22-/m0/s1. The van der Waals surface area contributed by atoms with Gasteiger partial charge in [0.15, 0.2) is 0 Å². The maximum absolute atomic E-state index is 12.1. The number of carbonyl (C=O) groups excluding carboxylic acids is 1. The van der Waals surface area contributed by atoms with Crippen molar-refractivity contribution in [3.8, 4) is 23.1 Å². The number of carboxylic acids is 1. The van der Waals surface area contributed by atoms with E-state index in [4.69, 9.17) is 0 Å². The number of carboxylic acid groups (broad SMARTS) is 1. The Morgan fingerprint density at radius 3 is 2.82 bits per heavy atom. The van der Waals surface area contributed by atoms with Crippen LogP contribution in [0.15, 0.2) is 30.3 Å². The van der Waals surface area contributed by atoms with E-state index in [1.807, 2.05) is 18.2 Å². The minimum absolute atomic E-state index is 0.0426. The lowest BCUT2D eigenvalue weighted by Gasteiger charge is -2.13. The molecule has 1 atom stereocenters. The van der Waals surface area contributed by atoms with Crippen LogP contribution in [0.4, 0.5) is 0 Å². The summed E-state index contributed by atoms with van der Waals surface area (Å²) in [5, 5.41) is 19.8. The number of aromatic nitrogens is 1. The molecule has 4 rings (SSSR count). The van der Waals surface area contributed by atoms with Gasteiger partial charge in [-0.2, -0.15) is 0 Å². The number of nitrogens with zero attached hydrogens (tertiary/aromatic N) is 2. The molecular formula is C22H20N2O4. The molecule has 2 heterocycles. The highest BCUT2D eigenvalue weighted by molar-refractivity contribution is 5.90. The second kappa shape index (κ2) is 6.77. The molecule has 0 spiro atoms. The molecule has 1 fully saturated rings. The summed E-state index contributed by atoms with van der Waals surface area (Å²) in [4.78, 5) is 29.4. The van der Waals surface area contributed by atoms with E-state index < -0.39 is 11.6 Å². The number of carbonyl (C=O) groups is 2. The van der Waals surface area contributed by atoms with Crippen LogP contribution in [0, 0.1) is 11.8 Å². The van der Waals surface area contributed by atoms with Crippen molar-refractivity contribution < 1.29 is 19.8 Å². The van der Waals surface area contributed by atoms with Crippen LogP contribution in [0.5, 0.6) is 0 Å². The van der Waals surface area contributed by atoms with Crippen LogP contribution in [-0.2, 0) is 17.6 Å². The van der Waals surface area contributed by atoms with Gasteiger partial charge in [0.1, 0.15) is 5.69 Å². The lowest BCUT2D eigenvalue weighted by atomic mass is 9.99. The molecule has 0 saturated carbocycles. The molecule has 1 aliphatic carbocycles. The highest BCUT2D eigenvalue weighted by Crippen LogP contribution is 2.32. The van der Waals surface area contributed by atoms with E-state index in [1.54, 1.807) is 19.2 Å². The van der Waals surface area contributed by atoms with Crippen LogP contribution in [0.25, 0.3) is 11.3 Å². The first-order valence-corrected chi connectivity index (χ1v) is 9.25. The molecule has 1 aliphatic heterocycles. The molecule has 0 unspecified atom stereocenters. The van der Waals surface area contributed by atoms with Gasteiger partial charge in [0.2, 0.25) is 5.60 Å². The normalized spacial score (nSPS) is 20.6. The zero-order valence-electron chi connectivity index (χ0n) is 15.5. The minimum atomic E-state index is -1.65. The van der Waals surface area contributed by atoms with Crippen molar-refractivity contribution in [1.29, 1.82) is 0 Å². The number of aryl methyl sites for hydroxylation is 1. The summed E-state index contributed by atoms with van der Waals surface area (Å²) in [6.07, 6.45) is 2.99. The van der Waals surface area contributed by atoms with Crippen LogP contribution in [0.1, 0.15) is 40.0 Å². The highest BCUT2D eigenvalue weighted by Gasteiger charge is 2.42. The van der Waals surface area contributed by atoms with Gasteiger partial charge in [-0.3, -0.25) is 4.79 Å². The number of fused-ring (bicyclic) bond motifs is 1. The number of aromatic carboxylic acids is 1. The van der Waals surface area contributed by atoms with Gasteiger partial charge in [-0.15, -0.1) is 0 Å². The zero-order valence-corrected chi connectivity index (χ0v) is 15.5. The molecule has 6 nitrogen and oxygen atoms in total. The Hall–Kier alpha value is -3.17. The number of amides is 1. The third-order valence-corrected chi connectivity index (χ3v) is 5.37. The smallest absolute Gasteiger partial charge is 0.354 e. The first kappa shape index (κ1) is 18.2. The molecule has 0 bridgehead atoms. The number of likely N-dealkylation sites (tertiary alicyclic amines) is 1. The Balaban J connectivity index is 1.73. The third kappa shape index (κ3) is 3.14. The number of hydrogen-bond donors (Lipinski definition) is 2. The van der Waals surface area contributed by atoms with Crippen molar-refractivity contribution in [2.45, 2.75) is 31.3 Å². The van der Waals surface area contributed by atoms with Crippen LogP contribution in [0.3, 0.4) is 0 Å². The van der Waals surface area contributed by atoms with Crippen LogP contribution in [-0.4, -0.2) is 51.2 Å². The number of rotatable bonds is 2.